The SMILES string of the molecule is C[C@H](NC(=O)C(CC1CC1)n1c(=O)[nH]c2ccc(F)c(F)c2c1=O)c1ncc(F)cc1F. The molecule has 1 unspecified atom stereocenters. The Morgan fingerprint density at radius 3 is 2.59 bits per heavy atom. The van der Waals surface area contributed by atoms with Gasteiger partial charge in [0.05, 0.1) is 23.4 Å². The van der Waals surface area contributed by atoms with Crippen LogP contribution in [-0.4, -0.2) is 20.4 Å². The number of H-pyrrole nitrogens is 1. The van der Waals surface area contributed by atoms with Crippen LogP contribution in [0.2, 0.25) is 0 Å². The Hall–Kier alpha value is -3.50. The van der Waals surface area contributed by atoms with E-state index in [0.29, 0.717) is 10.6 Å². The molecule has 1 aromatic carbocycles. The van der Waals surface area contributed by atoms with Crippen LogP contribution in [0.5, 0.6) is 0 Å². The number of nitrogens with zero attached hydrogens (tertiary/aromatic N) is 2. The summed E-state index contributed by atoms with van der Waals surface area (Å²) in [4.78, 5) is 44.6. The molecule has 168 valence electrons. The van der Waals surface area contributed by atoms with Crippen molar-refractivity contribution in [1.29, 1.82) is 0 Å². The standard InChI is InChI=1S/C21H18F4N4O3/c1-9(18-13(24)7-11(22)8-26-18)27-19(30)15(6-10-2-3-10)29-20(31)16-14(28-21(29)32)5-4-12(23)17(16)25/h4-5,7-10,15H,2-3,6H2,1H3,(H,27,30)(H,28,32)/t9-,15?/m0/s1. The van der Waals surface area contributed by atoms with E-state index in [2.05, 4.69) is 15.3 Å². The predicted molar refractivity (Wildman–Crippen MR) is 106 cm³/mol. The van der Waals surface area contributed by atoms with Gasteiger partial charge in [-0.25, -0.2) is 26.9 Å². The van der Waals surface area contributed by atoms with Crippen LogP contribution in [0.3, 0.4) is 0 Å². The van der Waals surface area contributed by atoms with Crippen molar-refractivity contribution in [1.82, 2.24) is 19.9 Å². The van der Waals surface area contributed by atoms with E-state index < -0.39 is 57.9 Å². The summed E-state index contributed by atoms with van der Waals surface area (Å²) in [5, 5.41) is 1.79. The number of rotatable bonds is 6. The highest BCUT2D eigenvalue weighted by Gasteiger charge is 2.34. The van der Waals surface area contributed by atoms with Gasteiger partial charge in [0, 0.05) is 6.07 Å². The second-order valence-corrected chi connectivity index (χ2v) is 7.83. The molecule has 4 rings (SSSR count). The number of benzene rings is 1. The topological polar surface area (TPSA) is 96.9 Å². The highest BCUT2D eigenvalue weighted by Crippen LogP contribution is 2.36. The van der Waals surface area contributed by atoms with E-state index in [4.69, 9.17) is 0 Å². The Labute approximate surface area is 178 Å². The van der Waals surface area contributed by atoms with Crippen molar-refractivity contribution in [3.63, 3.8) is 0 Å². The third-order valence-corrected chi connectivity index (χ3v) is 5.46. The molecule has 1 aliphatic carbocycles. The van der Waals surface area contributed by atoms with Gasteiger partial charge < -0.3 is 10.3 Å². The summed E-state index contributed by atoms with van der Waals surface area (Å²) in [6.45, 7) is 1.40. The van der Waals surface area contributed by atoms with Crippen molar-refractivity contribution < 1.29 is 22.4 Å². The average molecular weight is 450 g/mol. The molecule has 2 heterocycles. The number of carbonyl (C=O) groups is 1. The molecule has 2 atom stereocenters. The minimum atomic E-state index is -1.44. The highest BCUT2D eigenvalue weighted by atomic mass is 19.2. The molecule has 3 aromatic rings. The first kappa shape index (κ1) is 21.7. The van der Waals surface area contributed by atoms with Crippen molar-refractivity contribution >= 4 is 16.8 Å². The quantitative estimate of drug-likeness (QED) is 0.565. The minimum Gasteiger partial charge on any atom is -0.346 e. The maximum atomic E-state index is 14.3. The van der Waals surface area contributed by atoms with Crippen LogP contribution in [0.1, 0.15) is 44.0 Å². The van der Waals surface area contributed by atoms with E-state index >= 15 is 0 Å². The normalized spacial score (nSPS) is 15.5. The largest absolute Gasteiger partial charge is 0.346 e. The van der Waals surface area contributed by atoms with Crippen LogP contribution in [0, 0.1) is 29.2 Å². The third-order valence-electron chi connectivity index (χ3n) is 5.46. The zero-order chi connectivity index (χ0) is 23.2. The molecule has 0 saturated heterocycles. The molecule has 0 aliphatic heterocycles. The molecule has 11 heteroatoms. The lowest BCUT2D eigenvalue weighted by molar-refractivity contribution is -0.125. The molecule has 0 spiro atoms. The fraction of sp³-hybridized carbons (Fsp3) is 0.333. The Balaban J connectivity index is 1.75. The van der Waals surface area contributed by atoms with Crippen LogP contribution < -0.4 is 16.6 Å². The molecule has 1 aliphatic rings. The number of carbonyl (C=O) groups excluding carboxylic acids is 1. The number of pyridine rings is 1. The molecule has 32 heavy (non-hydrogen) atoms. The van der Waals surface area contributed by atoms with E-state index in [1.807, 2.05) is 0 Å². The van der Waals surface area contributed by atoms with Crippen molar-refractivity contribution in [3.8, 4) is 0 Å². The first-order valence-corrected chi connectivity index (χ1v) is 9.91. The second kappa shape index (κ2) is 8.21. The minimum absolute atomic E-state index is 0.0566. The van der Waals surface area contributed by atoms with E-state index in [0.717, 1.165) is 31.2 Å². The van der Waals surface area contributed by atoms with Gasteiger partial charge in [0.2, 0.25) is 5.91 Å². The van der Waals surface area contributed by atoms with E-state index in [1.165, 1.54) is 6.92 Å². The first-order valence-electron chi connectivity index (χ1n) is 9.91. The lowest BCUT2D eigenvalue weighted by atomic mass is 10.1. The Kier molecular flexibility index (Phi) is 5.57. The van der Waals surface area contributed by atoms with Crippen LogP contribution in [0.15, 0.2) is 34.0 Å². The number of halogens is 4. The Morgan fingerprint density at radius 2 is 1.94 bits per heavy atom. The van der Waals surface area contributed by atoms with E-state index in [-0.39, 0.29) is 23.5 Å². The van der Waals surface area contributed by atoms with Crippen LogP contribution in [-0.2, 0) is 4.79 Å². The van der Waals surface area contributed by atoms with E-state index in [9.17, 15) is 31.9 Å². The monoisotopic (exact) mass is 450 g/mol. The average Bonchev–Trinajstić information content (AvgIpc) is 3.53. The predicted octanol–water partition coefficient (Wildman–Crippen LogP) is 2.86. The maximum absolute atomic E-state index is 14.3. The van der Waals surface area contributed by atoms with Crippen LogP contribution in [0.4, 0.5) is 17.6 Å². The first-order chi connectivity index (χ1) is 15.2. The van der Waals surface area contributed by atoms with Crippen molar-refractivity contribution in [2.24, 2.45) is 5.92 Å². The van der Waals surface area contributed by atoms with Gasteiger partial charge in [-0.2, -0.15) is 0 Å². The molecular formula is C21H18F4N4O3. The number of aromatic nitrogens is 3. The molecule has 2 N–H and O–H groups in total. The second-order valence-electron chi connectivity index (χ2n) is 7.83. The van der Waals surface area contributed by atoms with Crippen LogP contribution in [0.25, 0.3) is 10.9 Å². The van der Waals surface area contributed by atoms with Gasteiger partial charge in [0.25, 0.3) is 5.56 Å². The van der Waals surface area contributed by atoms with Crippen molar-refractivity contribution in [2.45, 2.75) is 38.3 Å². The van der Waals surface area contributed by atoms with Crippen molar-refractivity contribution in [3.05, 3.63) is 74.2 Å². The number of fused-ring (bicyclic) bond motifs is 1. The van der Waals surface area contributed by atoms with Gasteiger partial charge in [-0.15, -0.1) is 0 Å². The number of nitrogens with one attached hydrogen (secondary N) is 2. The van der Waals surface area contributed by atoms with Gasteiger partial charge in [-0.1, -0.05) is 12.8 Å². The third kappa shape index (κ3) is 4.02. The molecule has 2 aromatic heterocycles. The summed E-state index contributed by atoms with van der Waals surface area (Å²) in [6.07, 6.45) is 2.44. The lowest BCUT2D eigenvalue weighted by Crippen LogP contribution is -2.45. The van der Waals surface area contributed by atoms with Gasteiger partial charge in [-0.05, 0) is 31.4 Å². The Bertz CT molecular complexity index is 1330. The summed E-state index contributed by atoms with van der Waals surface area (Å²) in [7, 11) is 0. The fourth-order valence-electron chi connectivity index (χ4n) is 3.66. The summed E-state index contributed by atoms with van der Waals surface area (Å²) >= 11 is 0. The number of hydrogen-bond acceptors (Lipinski definition) is 4. The molecule has 1 fully saturated rings. The molecule has 7 nitrogen and oxygen atoms in total. The van der Waals surface area contributed by atoms with Gasteiger partial charge in [-0.3, -0.25) is 14.6 Å². The van der Waals surface area contributed by atoms with Gasteiger partial charge in [0.15, 0.2) is 11.6 Å². The molecule has 1 amide bonds. The number of amides is 1. The molecule has 1 saturated carbocycles. The zero-order valence-corrected chi connectivity index (χ0v) is 16.8. The van der Waals surface area contributed by atoms with Crippen LogP contribution >= 0.6 is 0 Å². The number of hydrogen-bond donors (Lipinski definition) is 2. The van der Waals surface area contributed by atoms with Gasteiger partial charge in [0.1, 0.15) is 23.1 Å². The maximum Gasteiger partial charge on any atom is 0.329 e. The summed E-state index contributed by atoms with van der Waals surface area (Å²) in [5.74, 6) is -5.33. The highest BCUT2D eigenvalue weighted by molar-refractivity contribution is 5.82. The van der Waals surface area contributed by atoms with Gasteiger partial charge >= 0.3 is 5.69 Å². The fourth-order valence-corrected chi connectivity index (χ4v) is 3.66. The van der Waals surface area contributed by atoms with E-state index in [1.54, 1.807) is 0 Å². The van der Waals surface area contributed by atoms with Crippen molar-refractivity contribution in [2.75, 3.05) is 0 Å². The molecule has 0 bridgehead atoms. The summed E-state index contributed by atoms with van der Waals surface area (Å²) < 4.78 is 55.8. The summed E-state index contributed by atoms with van der Waals surface area (Å²) in [5.41, 5.74) is -2.56. The Morgan fingerprint density at radius 1 is 1.22 bits per heavy atom. The lowest BCUT2D eigenvalue weighted by Gasteiger charge is -2.22. The smallest absolute Gasteiger partial charge is 0.329 e. The molecular weight excluding hydrogens is 432 g/mol. The summed E-state index contributed by atoms with van der Waals surface area (Å²) in [6, 6.07) is 0.0771. The zero-order valence-electron chi connectivity index (χ0n) is 16.8. The number of aromatic amines is 1. The molecule has 0 radical (unpaired) electrons.